The third kappa shape index (κ3) is 1.54. The van der Waals surface area contributed by atoms with E-state index in [0.29, 0.717) is 11.7 Å². The third-order valence-corrected chi connectivity index (χ3v) is 5.04. The first kappa shape index (κ1) is 12.1. The molecule has 16 heavy (non-hydrogen) atoms. The van der Waals surface area contributed by atoms with Gasteiger partial charge in [0.1, 0.15) is 5.60 Å². The van der Waals surface area contributed by atoms with E-state index < -0.39 is 5.60 Å². The Bertz CT molecular complexity index is 280. The van der Waals surface area contributed by atoms with E-state index in [9.17, 15) is 4.79 Å². The third-order valence-electron chi connectivity index (χ3n) is 5.04. The number of hydrogen-bond acceptors (Lipinski definition) is 2. The quantitative estimate of drug-likeness (QED) is 0.733. The summed E-state index contributed by atoms with van der Waals surface area (Å²) in [5.74, 6) is 0.967. The van der Waals surface area contributed by atoms with Crippen molar-refractivity contribution in [3.05, 3.63) is 0 Å². The van der Waals surface area contributed by atoms with E-state index in [4.69, 9.17) is 4.74 Å². The van der Waals surface area contributed by atoms with E-state index in [0.717, 1.165) is 38.5 Å². The first-order chi connectivity index (χ1) is 7.62. The van der Waals surface area contributed by atoms with Gasteiger partial charge in [0.15, 0.2) is 5.78 Å². The maximum absolute atomic E-state index is 12.2. The Kier molecular flexibility index (Phi) is 3.13. The van der Waals surface area contributed by atoms with Crippen LogP contribution >= 0.6 is 0 Å². The van der Waals surface area contributed by atoms with Gasteiger partial charge in [-0.05, 0) is 44.4 Å². The molecule has 3 fully saturated rings. The highest BCUT2D eigenvalue weighted by Crippen LogP contribution is 2.50. The maximum atomic E-state index is 12.2. The van der Waals surface area contributed by atoms with E-state index in [2.05, 4.69) is 20.8 Å². The Morgan fingerprint density at radius 3 is 2.44 bits per heavy atom. The second-order valence-electron chi connectivity index (χ2n) is 5.42. The first-order valence-corrected chi connectivity index (χ1v) is 6.86. The SMILES string of the molecule is CCC12CCC(CCC1=O)C(CC)(CC)O2. The average molecular weight is 224 g/mol. The molecule has 0 spiro atoms. The monoisotopic (exact) mass is 224 g/mol. The molecule has 2 unspecified atom stereocenters. The van der Waals surface area contributed by atoms with Crippen molar-refractivity contribution in [3.63, 3.8) is 0 Å². The second kappa shape index (κ2) is 4.14. The summed E-state index contributed by atoms with van der Waals surface area (Å²) in [5.41, 5.74) is -0.445. The molecule has 2 bridgehead atoms. The minimum absolute atomic E-state index is 0.0135. The molecule has 2 heterocycles. The number of ketones is 1. The molecule has 3 aliphatic rings. The fourth-order valence-electron chi connectivity index (χ4n) is 3.75. The fraction of sp³-hybridized carbons (Fsp3) is 0.929. The van der Waals surface area contributed by atoms with Crippen LogP contribution in [-0.4, -0.2) is 17.0 Å². The fourth-order valence-corrected chi connectivity index (χ4v) is 3.75. The first-order valence-electron chi connectivity index (χ1n) is 6.86. The van der Waals surface area contributed by atoms with Crippen molar-refractivity contribution >= 4 is 5.78 Å². The van der Waals surface area contributed by atoms with Crippen LogP contribution in [0.4, 0.5) is 0 Å². The van der Waals surface area contributed by atoms with Gasteiger partial charge in [0.25, 0.3) is 0 Å². The highest BCUT2D eigenvalue weighted by molar-refractivity contribution is 5.88. The molecule has 0 N–H and O–H groups in total. The van der Waals surface area contributed by atoms with Crippen molar-refractivity contribution in [3.8, 4) is 0 Å². The van der Waals surface area contributed by atoms with Gasteiger partial charge in [-0.25, -0.2) is 0 Å². The number of carbonyl (C=O) groups is 1. The van der Waals surface area contributed by atoms with Gasteiger partial charge in [0.2, 0.25) is 0 Å². The molecule has 0 aromatic heterocycles. The smallest absolute Gasteiger partial charge is 0.164 e. The van der Waals surface area contributed by atoms with E-state index in [1.807, 2.05) is 0 Å². The minimum atomic E-state index is -0.432. The predicted molar refractivity (Wildman–Crippen MR) is 64.4 cm³/mol. The highest BCUT2D eigenvalue weighted by Gasteiger charge is 2.54. The number of fused-ring (bicyclic) bond motifs is 4. The molecule has 2 saturated heterocycles. The Hall–Kier alpha value is -0.370. The van der Waals surface area contributed by atoms with Crippen LogP contribution in [0.1, 0.15) is 65.7 Å². The van der Waals surface area contributed by atoms with E-state index in [-0.39, 0.29) is 5.60 Å². The summed E-state index contributed by atoms with van der Waals surface area (Å²) in [6.45, 7) is 6.51. The van der Waals surface area contributed by atoms with Crippen LogP contribution in [0.3, 0.4) is 0 Å². The van der Waals surface area contributed by atoms with Gasteiger partial charge in [0.05, 0.1) is 5.60 Å². The molecule has 0 aromatic rings. The van der Waals surface area contributed by atoms with Crippen LogP contribution in [0.15, 0.2) is 0 Å². The van der Waals surface area contributed by atoms with Crippen molar-refractivity contribution in [2.75, 3.05) is 0 Å². The van der Waals surface area contributed by atoms with Crippen LogP contribution < -0.4 is 0 Å². The highest BCUT2D eigenvalue weighted by atomic mass is 16.5. The normalized spacial score (nSPS) is 37.4. The van der Waals surface area contributed by atoms with Crippen LogP contribution in [0.25, 0.3) is 0 Å². The van der Waals surface area contributed by atoms with Crippen LogP contribution in [0.2, 0.25) is 0 Å². The van der Waals surface area contributed by atoms with Crippen LogP contribution in [0, 0.1) is 5.92 Å². The molecular formula is C14H24O2. The minimum Gasteiger partial charge on any atom is -0.361 e. The van der Waals surface area contributed by atoms with Crippen molar-refractivity contribution < 1.29 is 9.53 Å². The Labute approximate surface area is 98.7 Å². The van der Waals surface area contributed by atoms with Crippen molar-refractivity contribution in [2.24, 2.45) is 5.92 Å². The molecule has 2 atom stereocenters. The number of Topliss-reactive ketones (excluding diaryl/α,β-unsaturated/α-hetero) is 1. The molecule has 0 aromatic carbocycles. The second-order valence-corrected chi connectivity index (χ2v) is 5.42. The average Bonchev–Trinajstić information content (AvgIpc) is 2.57. The lowest BCUT2D eigenvalue weighted by molar-refractivity contribution is -0.210. The standard InChI is InChI=1S/C14H24O2/c1-4-13(5-2)11-7-8-12(15)14(6-3,16-13)10-9-11/h11H,4-10H2,1-3H3. The van der Waals surface area contributed by atoms with Gasteiger partial charge in [-0.2, -0.15) is 0 Å². The van der Waals surface area contributed by atoms with E-state index >= 15 is 0 Å². The van der Waals surface area contributed by atoms with Gasteiger partial charge in [-0.1, -0.05) is 20.8 Å². The molecule has 2 heteroatoms. The van der Waals surface area contributed by atoms with Gasteiger partial charge < -0.3 is 4.74 Å². The molecular weight excluding hydrogens is 200 g/mol. The lowest BCUT2D eigenvalue weighted by Crippen LogP contribution is -2.53. The maximum Gasteiger partial charge on any atom is 0.164 e. The predicted octanol–water partition coefficient (Wildman–Crippen LogP) is 3.48. The van der Waals surface area contributed by atoms with Crippen LogP contribution in [0.5, 0.6) is 0 Å². The largest absolute Gasteiger partial charge is 0.361 e. The number of rotatable bonds is 3. The van der Waals surface area contributed by atoms with E-state index in [1.165, 1.54) is 6.42 Å². The summed E-state index contributed by atoms with van der Waals surface area (Å²) in [5, 5.41) is 0. The summed E-state index contributed by atoms with van der Waals surface area (Å²) in [4.78, 5) is 12.2. The van der Waals surface area contributed by atoms with Gasteiger partial charge in [0, 0.05) is 6.42 Å². The molecule has 3 rings (SSSR count). The molecule has 0 amide bonds. The van der Waals surface area contributed by atoms with Crippen molar-refractivity contribution in [1.29, 1.82) is 0 Å². The number of ether oxygens (including phenoxy) is 1. The molecule has 92 valence electrons. The Balaban J connectivity index is 2.37. The summed E-state index contributed by atoms with van der Waals surface area (Å²) >= 11 is 0. The Morgan fingerprint density at radius 2 is 1.88 bits per heavy atom. The number of hydrogen-bond donors (Lipinski definition) is 0. The molecule has 2 nitrogen and oxygen atoms in total. The van der Waals surface area contributed by atoms with E-state index in [1.54, 1.807) is 0 Å². The van der Waals surface area contributed by atoms with Crippen molar-refractivity contribution in [2.45, 2.75) is 76.9 Å². The van der Waals surface area contributed by atoms with Crippen molar-refractivity contribution in [1.82, 2.24) is 0 Å². The van der Waals surface area contributed by atoms with Gasteiger partial charge in [-0.3, -0.25) is 4.79 Å². The topological polar surface area (TPSA) is 26.3 Å². The molecule has 2 aliphatic heterocycles. The summed E-state index contributed by atoms with van der Waals surface area (Å²) in [6.07, 6.45) is 6.85. The summed E-state index contributed by atoms with van der Waals surface area (Å²) < 4.78 is 6.40. The lowest BCUT2D eigenvalue weighted by Gasteiger charge is -2.49. The van der Waals surface area contributed by atoms with Crippen LogP contribution in [-0.2, 0) is 9.53 Å². The number of carbonyl (C=O) groups excluding carboxylic acids is 1. The summed E-state index contributed by atoms with van der Waals surface area (Å²) in [6, 6.07) is 0. The Morgan fingerprint density at radius 1 is 1.19 bits per heavy atom. The molecule has 1 aliphatic carbocycles. The zero-order chi connectivity index (χ0) is 11.8. The zero-order valence-electron chi connectivity index (χ0n) is 10.8. The molecule has 1 saturated carbocycles. The zero-order valence-corrected chi connectivity index (χ0v) is 10.8. The summed E-state index contributed by atoms with van der Waals surface area (Å²) in [7, 11) is 0. The molecule has 0 radical (unpaired) electrons. The van der Waals surface area contributed by atoms with Gasteiger partial charge >= 0.3 is 0 Å². The lowest BCUT2D eigenvalue weighted by atomic mass is 9.74. The van der Waals surface area contributed by atoms with Gasteiger partial charge in [-0.15, -0.1) is 0 Å².